The highest BCUT2D eigenvalue weighted by Gasteiger charge is 2.24. The molecule has 1 rings (SSSR count). The molecular weight excluding hydrogens is 117 g/mol. The Balaban J connectivity index is 2.35. The van der Waals surface area contributed by atoms with Crippen LogP contribution in [0.2, 0.25) is 0 Å². The molecule has 0 aromatic carbocycles. The number of halogens is 1. The zero-order chi connectivity index (χ0) is 6.85. The van der Waals surface area contributed by atoms with Gasteiger partial charge in [0.05, 0.1) is 0 Å². The molecule has 2 N–H and O–H groups in total. The Bertz CT molecular complexity index is 94.9. The predicted octanol–water partition coefficient (Wildman–Crippen LogP) is 1.47. The average Bonchev–Trinajstić information content (AvgIpc) is 1.80. The van der Waals surface area contributed by atoms with Gasteiger partial charge < -0.3 is 5.73 Å². The molecule has 0 aromatic heterocycles. The second kappa shape index (κ2) is 2.65. The maximum Gasteiger partial charge on any atom is 0.103 e. The first-order valence-corrected chi connectivity index (χ1v) is 3.60. The molecule has 1 nitrogen and oxygen atoms in total. The number of hydrogen-bond donors (Lipinski definition) is 1. The number of nitrogens with two attached hydrogens (primary N) is 1. The van der Waals surface area contributed by atoms with Crippen molar-refractivity contribution in [3.63, 3.8) is 0 Å². The Hall–Kier alpha value is -0.110. The Morgan fingerprint density at radius 2 is 2.11 bits per heavy atom. The minimum atomic E-state index is -0.593. The summed E-state index contributed by atoms with van der Waals surface area (Å²) in [6, 6.07) is 0.256. The molecule has 1 saturated carbocycles. The maximum absolute atomic E-state index is 12.7. The van der Waals surface area contributed by atoms with E-state index in [4.69, 9.17) is 5.73 Å². The van der Waals surface area contributed by atoms with Crippen LogP contribution in [-0.4, -0.2) is 12.2 Å². The molecule has 3 atom stereocenters. The molecule has 0 bridgehead atoms. The van der Waals surface area contributed by atoms with Crippen molar-refractivity contribution in [2.45, 2.75) is 38.4 Å². The molecule has 2 heteroatoms. The van der Waals surface area contributed by atoms with Gasteiger partial charge in [-0.2, -0.15) is 0 Å². The zero-order valence-corrected chi connectivity index (χ0v) is 5.81. The van der Waals surface area contributed by atoms with Crippen LogP contribution >= 0.6 is 0 Å². The van der Waals surface area contributed by atoms with Crippen molar-refractivity contribution in [1.82, 2.24) is 0 Å². The van der Waals surface area contributed by atoms with Gasteiger partial charge in [-0.15, -0.1) is 0 Å². The van der Waals surface area contributed by atoms with Crippen molar-refractivity contribution in [3.05, 3.63) is 0 Å². The van der Waals surface area contributed by atoms with Gasteiger partial charge in [0.1, 0.15) is 6.17 Å². The second-order valence-electron chi connectivity index (χ2n) is 3.07. The third-order valence-corrected chi connectivity index (χ3v) is 2.11. The van der Waals surface area contributed by atoms with Gasteiger partial charge in [-0.25, -0.2) is 4.39 Å². The fourth-order valence-corrected chi connectivity index (χ4v) is 1.40. The van der Waals surface area contributed by atoms with Gasteiger partial charge >= 0.3 is 0 Å². The summed E-state index contributed by atoms with van der Waals surface area (Å²) in [6.07, 6.45) is 1.81. The lowest BCUT2D eigenvalue weighted by Gasteiger charge is -2.26. The third-order valence-electron chi connectivity index (χ3n) is 2.11. The van der Waals surface area contributed by atoms with Gasteiger partial charge in [-0.05, 0) is 25.2 Å². The standard InChI is InChI=1S/C7H14FN/c1-5-4-6(9)2-3-7(5)8/h5-7H,2-4,9H2,1H3/t5-,6?,7?/m1/s1. The van der Waals surface area contributed by atoms with E-state index in [0.717, 1.165) is 12.8 Å². The highest BCUT2D eigenvalue weighted by atomic mass is 19.1. The molecule has 0 amide bonds. The first kappa shape index (κ1) is 7.00. The van der Waals surface area contributed by atoms with Crippen molar-refractivity contribution in [2.75, 3.05) is 0 Å². The summed E-state index contributed by atoms with van der Waals surface area (Å²) in [6.45, 7) is 1.93. The van der Waals surface area contributed by atoms with E-state index in [1.807, 2.05) is 6.92 Å². The third kappa shape index (κ3) is 1.65. The minimum Gasteiger partial charge on any atom is -0.328 e. The molecule has 0 aromatic rings. The first-order chi connectivity index (χ1) is 4.20. The summed E-state index contributed by atoms with van der Waals surface area (Å²) >= 11 is 0. The summed E-state index contributed by atoms with van der Waals surface area (Å²) in [5.74, 6) is 0.189. The highest BCUT2D eigenvalue weighted by molar-refractivity contribution is 4.78. The summed E-state index contributed by atoms with van der Waals surface area (Å²) in [5.41, 5.74) is 5.62. The van der Waals surface area contributed by atoms with Crippen LogP contribution < -0.4 is 5.73 Å². The largest absolute Gasteiger partial charge is 0.328 e. The molecular formula is C7H14FN. The monoisotopic (exact) mass is 131 g/mol. The van der Waals surface area contributed by atoms with Crippen molar-refractivity contribution < 1.29 is 4.39 Å². The van der Waals surface area contributed by atoms with Crippen molar-refractivity contribution in [1.29, 1.82) is 0 Å². The quantitative estimate of drug-likeness (QED) is 0.529. The fraction of sp³-hybridized carbons (Fsp3) is 1.00. The number of rotatable bonds is 0. The Morgan fingerprint density at radius 1 is 1.44 bits per heavy atom. The van der Waals surface area contributed by atoms with Crippen LogP contribution in [0.5, 0.6) is 0 Å². The first-order valence-electron chi connectivity index (χ1n) is 3.60. The molecule has 0 radical (unpaired) electrons. The zero-order valence-electron chi connectivity index (χ0n) is 5.81. The van der Waals surface area contributed by atoms with Gasteiger partial charge in [-0.1, -0.05) is 6.92 Å². The Kier molecular flexibility index (Phi) is 2.06. The van der Waals surface area contributed by atoms with Gasteiger partial charge in [0, 0.05) is 6.04 Å². The topological polar surface area (TPSA) is 26.0 Å². The van der Waals surface area contributed by atoms with E-state index >= 15 is 0 Å². The molecule has 0 heterocycles. The lowest BCUT2D eigenvalue weighted by atomic mass is 9.86. The summed E-state index contributed by atoms with van der Waals surface area (Å²) in [4.78, 5) is 0. The van der Waals surface area contributed by atoms with Gasteiger partial charge in [0.2, 0.25) is 0 Å². The van der Waals surface area contributed by atoms with Crippen molar-refractivity contribution >= 4 is 0 Å². The van der Waals surface area contributed by atoms with Gasteiger partial charge in [0.25, 0.3) is 0 Å². The SMILES string of the molecule is C[C@@H]1CC(N)CCC1F. The normalized spacial score (nSPS) is 45.0. The average molecular weight is 131 g/mol. The molecule has 1 aliphatic carbocycles. The van der Waals surface area contributed by atoms with E-state index < -0.39 is 6.17 Å². The molecule has 1 aliphatic rings. The van der Waals surface area contributed by atoms with Crippen LogP contribution in [0.15, 0.2) is 0 Å². The molecule has 9 heavy (non-hydrogen) atoms. The maximum atomic E-state index is 12.7. The van der Waals surface area contributed by atoms with Crippen LogP contribution in [-0.2, 0) is 0 Å². The van der Waals surface area contributed by atoms with Crippen molar-refractivity contribution in [2.24, 2.45) is 11.7 Å². The van der Waals surface area contributed by atoms with Crippen LogP contribution in [0.3, 0.4) is 0 Å². The van der Waals surface area contributed by atoms with Crippen LogP contribution in [0.25, 0.3) is 0 Å². The summed E-state index contributed by atoms with van der Waals surface area (Å²) in [5, 5.41) is 0. The second-order valence-corrected chi connectivity index (χ2v) is 3.07. The Morgan fingerprint density at radius 3 is 2.56 bits per heavy atom. The van der Waals surface area contributed by atoms with Crippen LogP contribution in [0.4, 0.5) is 4.39 Å². The van der Waals surface area contributed by atoms with E-state index in [0.29, 0.717) is 6.42 Å². The Labute approximate surface area is 55.4 Å². The minimum absolute atomic E-state index is 0.189. The van der Waals surface area contributed by atoms with E-state index in [2.05, 4.69) is 0 Å². The smallest absolute Gasteiger partial charge is 0.103 e. The predicted molar refractivity (Wildman–Crippen MR) is 35.9 cm³/mol. The molecule has 2 unspecified atom stereocenters. The van der Waals surface area contributed by atoms with E-state index in [1.54, 1.807) is 0 Å². The molecule has 0 aliphatic heterocycles. The molecule has 1 fully saturated rings. The molecule has 0 spiro atoms. The summed E-state index contributed by atoms with van der Waals surface area (Å²) < 4.78 is 12.7. The van der Waals surface area contributed by atoms with Gasteiger partial charge in [-0.3, -0.25) is 0 Å². The van der Waals surface area contributed by atoms with E-state index in [1.165, 1.54) is 0 Å². The lowest BCUT2D eigenvalue weighted by molar-refractivity contribution is 0.166. The highest BCUT2D eigenvalue weighted by Crippen LogP contribution is 2.25. The number of alkyl halides is 1. The van der Waals surface area contributed by atoms with E-state index in [9.17, 15) is 4.39 Å². The lowest BCUT2D eigenvalue weighted by Crippen LogP contribution is -2.32. The molecule has 0 saturated heterocycles. The fourth-order valence-electron chi connectivity index (χ4n) is 1.40. The van der Waals surface area contributed by atoms with Crippen molar-refractivity contribution in [3.8, 4) is 0 Å². The summed E-state index contributed by atoms with van der Waals surface area (Å²) in [7, 11) is 0. The molecule has 54 valence electrons. The van der Waals surface area contributed by atoms with Gasteiger partial charge in [0.15, 0.2) is 0 Å². The van der Waals surface area contributed by atoms with Crippen LogP contribution in [0.1, 0.15) is 26.2 Å². The van der Waals surface area contributed by atoms with E-state index in [-0.39, 0.29) is 12.0 Å². The number of hydrogen-bond acceptors (Lipinski definition) is 1. The van der Waals surface area contributed by atoms with Crippen LogP contribution in [0, 0.1) is 5.92 Å².